The van der Waals surface area contributed by atoms with Crippen molar-refractivity contribution in [2.24, 2.45) is 0 Å². The van der Waals surface area contributed by atoms with E-state index in [1.807, 2.05) is 0 Å². The van der Waals surface area contributed by atoms with Crippen LogP contribution in [0.25, 0.3) is 0 Å². The summed E-state index contributed by atoms with van der Waals surface area (Å²) >= 11 is 3.54. The van der Waals surface area contributed by atoms with Crippen molar-refractivity contribution >= 4 is 21.9 Å². The first-order valence-electron chi connectivity index (χ1n) is 10.5. The van der Waals surface area contributed by atoms with Crippen LogP contribution in [0.15, 0.2) is 18.2 Å². The summed E-state index contributed by atoms with van der Waals surface area (Å²) in [5.74, 6) is 0.399. The van der Waals surface area contributed by atoms with Crippen LogP contribution in [0.2, 0.25) is 0 Å². The molecule has 0 aliphatic heterocycles. The summed E-state index contributed by atoms with van der Waals surface area (Å²) in [5.41, 5.74) is 5.15. The number of ether oxygens (including phenoxy) is 1. The van der Waals surface area contributed by atoms with Gasteiger partial charge in [0.1, 0.15) is 5.75 Å². The molecule has 0 amide bonds. The summed E-state index contributed by atoms with van der Waals surface area (Å²) in [4.78, 5) is 12.1. The van der Waals surface area contributed by atoms with E-state index in [4.69, 9.17) is 4.74 Å². The molecule has 160 valence electrons. The predicted octanol–water partition coefficient (Wildman–Crippen LogP) is 7.92. The van der Waals surface area contributed by atoms with Gasteiger partial charge in [-0.1, -0.05) is 86.9 Å². The summed E-state index contributed by atoms with van der Waals surface area (Å²) in [6.07, 6.45) is 12.8. The Morgan fingerprint density at radius 2 is 1.57 bits per heavy atom. The van der Waals surface area contributed by atoms with E-state index in [9.17, 15) is 4.79 Å². The first-order valence-corrected chi connectivity index (χ1v) is 11.6. The largest absolute Gasteiger partial charge is 0.423 e. The third-order valence-corrected chi connectivity index (χ3v) is 5.82. The van der Waals surface area contributed by atoms with Crippen molar-refractivity contribution in [2.45, 2.75) is 97.2 Å². The Bertz CT molecular complexity index is 626. The zero-order chi connectivity index (χ0) is 20.2. The Labute approximate surface area is 181 Å². The molecule has 0 saturated carbocycles. The molecule has 1 rings (SSSR count). The van der Waals surface area contributed by atoms with Crippen LogP contribution >= 0.6 is 15.9 Å². The van der Waals surface area contributed by atoms with Crippen LogP contribution in [0, 0.1) is 13.8 Å². The lowest BCUT2D eigenvalue weighted by atomic mass is 9.94. The van der Waals surface area contributed by atoms with Crippen LogP contribution < -0.4 is 10.9 Å². The maximum Gasteiger partial charge on any atom is 0.338 e. The highest BCUT2D eigenvalue weighted by Gasteiger charge is 2.18. The highest BCUT2D eigenvalue weighted by Crippen LogP contribution is 2.33. The first kappa shape index (κ1) is 26.9. The van der Waals surface area contributed by atoms with Crippen LogP contribution in [-0.4, -0.2) is 5.97 Å². The molecule has 1 aromatic rings. The fourth-order valence-corrected chi connectivity index (χ4v) is 3.77. The van der Waals surface area contributed by atoms with E-state index < -0.39 is 0 Å². The fourth-order valence-electron chi connectivity index (χ4n) is 3.36. The van der Waals surface area contributed by atoms with Crippen molar-refractivity contribution in [3.63, 3.8) is 0 Å². The van der Waals surface area contributed by atoms with Gasteiger partial charge in [-0.25, -0.2) is 4.79 Å². The maximum absolute atomic E-state index is 12.1. The molecule has 0 saturated heterocycles. The zero-order valence-electron chi connectivity index (χ0n) is 18.5. The Balaban J connectivity index is 0.00000729. The number of rotatable bonds is 13. The van der Waals surface area contributed by atoms with Gasteiger partial charge in [0, 0.05) is 16.5 Å². The maximum atomic E-state index is 12.1. The van der Waals surface area contributed by atoms with E-state index in [1.165, 1.54) is 68.1 Å². The second kappa shape index (κ2) is 14.8. The number of alkyl halides is 1. The predicted molar refractivity (Wildman–Crippen MR) is 125 cm³/mol. The Morgan fingerprint density at radius 3 is 2.07 bits per heavy atom. The van der Waals surface area contributed by atoms with E-state index in [1.54, 1.807) is 6.92 Å². The average Bonchev–Trinajstić information content (AvgIpc) is 2.64. The van der Waals surface area contributed by atoms with Crippen LogP contribution in [0.5, 0.6) is 5.75 Å². The number of unbranched alkanes of at least 4 members (excludes halogenated alkanes) is 8. The minimum absolute atomic E-state index is 0. The van der Waals surface area contributed by atoms with Crippen LogP contribution in [0.3, 0.4) is 0 Å². The van der Waals surface area contributed by atoms with Gasteiger partial charge in [0.25, 0.3) is 0 Å². The van der Waals surface area contributed by atoms with Gasteiger partial charge in [-0.2, -0.15) is 0 Å². The Morgan fingerprint density at radius 1 is 1.04 bits per heavy atom. The fraction of sp³-hybridized carbons (Fsp3) is 0.625. The van der Waals surface area contributed by atoms with Gasteiger partial charge in [0.15, 0.2) is 0 Å². The van der Waals surface area contributed by atoms with Gasteiger partial charge in [-0.15, -0.1) is 0 Å². The molecule has 0 radical (unpaired) electrons. The number of hydrogen-bond acceptors (Lipinski definition) is 3. The minimum atomic E-state index is -0.339. The van der Waals surface area contributed by atoms with Crippen LogP contribution in [-0.2, 0) is 16.5 Å². The van der Waals surface area contributed by atoms with Gasteiger partial charge in [0.05, 0.1) is 0 Å². The monoisotopic (exact) mass is 453 g/mol. The molecule has 3 nitrogen and oxygen atoms in total. The molecule has 0 atom stereocenters. The van der Waals surface area contributed by atoms with Crippen molar-refractivity contribution in [3.05, 3.63) is 40.5 Å². The van der Waals surface area contributed by atoms with E-state index in [0.29, 0.717) is 10.9 Å². The smallest absolute Gasteiger partial charge is 0.338 e. The lowest BCUT2D eigenvalue weighted by Gasteiger charge is -2.18. The van der Waals surface area contributed by atoms with Crippen LogP contribution in [0.4, 0.5) is 0 Å². The summed E-state index contributed by atoms with van der Waals surface area (Å²) in [7, 11) is 0. The third kappa shape index (κ3) is 8.91. The molecule has 4 heteroatoms. The molecule has 0 aliphatic rings. The van der Waals surface area contributed by atoms with Crippen molar-refractivity contribution in [3.8, 4) is 5.75 Å². The molecule has 0 heterocycles. The molecule has 0 spiro atoms. The normalized spacial score (nSPS) is 10.5. The number of aryl methyl sites for hydroxylation is 1. The molecule has 0 bridgehead atoms. The van der Waals surface area contributed by atoms with Gasteiger partial charge in [0.2, 0.25) is 0 Å². The van der Waals surface area contributed by atoms with Crippen molar-refractivity contribution < 1.29 is 9.53 Å². The van der Waals surface area contributed by atoms with Crippen molar-refractivity contribution in [1.82, 2.24) is 6.15 Å². The zero-order valence-corrected chi connectivity index (χ0v) is 20.1. The number of carbonyl (C=O) groups is 1. The number of carbonyl (C=O) groups excluding carboxylic acids is 1. The topological polar surface area (TPSA) is 61.3 Å². The number of halogens is 1. The van der Waals surface area contributed by atoms with Gasteiger partial charge in [-0.3, -0.25) is 0 Å². The molecular weight excluding hydrogens is 414 g/mol. The van der Waals surface area contributed by atoms with E-state index in [2.05, 4.69) is 49.3 Å². The quantitative estimate of drug-likeness (QED) is 0.108. The second-order valence-corrected chi connectivity index (χ2v) is 8.23. The highest BCUT2D eigenvalue weighted by molar-refractivity contribution is 9.08. The lowest BCUT2D eigenvalue weighted by Crippen LogP contribution is -2.12. The molecule has 3 N–H and O–H groups in total. The van der Waals surface area contributed by atoms with Gasteiger partial charge < -0.3 is 10.9 Å². The number of benzene rings is 1. The highest BCUT2D eigenvalue weighted by atomic mass is 79.9. The second-order valence-electron chi connectivity index (χ2n) is 7.67. The Kier molecular flexibility index (Phi) is 14.2. The third-order valence-electron chi connectivity index (χ3n) is 5.22. The van der Waals surface area contributed by atoms with Crippen molar-refractivity contribution in [1.29, 1.82) is 0 Å². The van der Waals surface area contributed by atoms with Gasteiger partial charge in [-0.05, 0) is 50.3 Å². The molecule has 1 aromatic carbocycles. The van der Waals surface area contributed by atoms with Gasteiger partial charge >= 0.3 is 5.97 Å². The van der Waals surface area contributed by atoms with E-state index in [-0.39, 0.29) is 12.1 Å². The van der Waals surface area contributed by atoms with Crippen LogP contribution in [0.1, 0.15) is 93.9 Å². The summed E-state index contributed by atoms with van der Waals surface area (Å²) in [6.45, 7) is 11.9. The lowest BCUT2D eigenvalue weighted by molar-refractivity contribution is -0.130. The average molecular weight is 454 g/mol. The number of hydrogen-bond donors (Lipinski definition) is 1. The van der Waals surface area contributed by atoms with Crippen molar-refractivity contribution in [2.75, 3.05) is 0 Å². The molecule has 0 unspecified atom stereocenters. The standard InChI is InChI=1S/C24H37BrO2.H3N/c1-6-7-8-9-10-11-12-13-14-15-22-20(5)19(4)16-21(17-25)23(22)27-24(26)18(2)3;/h16H,2,6-15,17H2,1,3-5H3;1H3. The molecular formula is C24H40BrNO2. The molecule has 28 heavy (non-hydrogen) atoms. The SMILES string of the molecule is C=C(C)C(=O)Oc1c(CBr)cc(C)c(C)c1CCCCCCCCCCC.N. The molecule has 0 fully saturated rings. The molecule has 0 aromatic heterocycles. The van der Waals surface area contributed by atoms with E-state index in [0.717, 1.165) is 24.2 Å². The minimum Gasteiger partial charge on any atom is -0.423 e. The Hall–Kier alpha value is -1.13. The summed E-state index contributed by atoms with van der Waals surface area (Å²) < 4.78 is 5.73. The van der Waals surface area contributed by atoms with E-state index >= 15 is 0 Å². The molecule has 0 aliphatic carbocycles. The number of esters is 1. The summed E-state index contributed by atoms with van der Waals surface area (Å²) in [6, 6.07) is 2.12. The summed E-state index contributed by atoms with van der Waals surface area (Å²) in [5, 5.41) is 0.678. The first-order chi connectivity index (χ1) is 12.9.